The van der Waals surface area contributed by atoms with Crippen LogP contribution in [0, 0.1) is 0 Å². The molecule has 0 fully saturated rings. The number of rotatable bonds is 5. The number of hydrogen-bond acceptors (Lipinski definition) is 2. The summed E-state index contributed by atoms with van der Waals surface area (Å²) in [6, 6.07) is 69.0. The second kappa shape index (κ2) is 12.2. The first-order valence-electron chi connectivity index (χ1n) is 18.4. The molecular weight excluding hydrogens is 657 g/mol. The molecule has 0 bridgehead atoms. The number of nitrogens with zero attached hydrogens (tertiary/aromatic N) is 2. The van der Waals surface area contributed by atoms with Gasteiger partial charge in [0.05, 0.1) is 27.9 Å². The Hall–Kier alpha value is -7.23. The molecule has 3 heterocycles. The highest BCUT2D eigenvalue weighted by molar-refractivity contribution is 6.18. The van der Waals surface area contributed by atoms with Crippen LogP contribution in [0.25, 0.3) is 105 Å². The average molecular weight is 689 g/mol. The van der Waals surface area contributed by atoms with Crippen molar-refractivity contribution in [2.24, 2.45) is 0 Å². The van der Waals surface area contributed by atoms with Gasteiger partial charge in [-0.2, -0.15) is 0 Å². The first kappa shape index (κ1) is 30.4. The van der Waals surface area contributed by atoms with Crippen LogP contribution in [0.5, 0.6) is 0 Å². The van der Waals surface area contributed by atoms with Crippen LogP contribution in [0.3, 0.4) is 0 Å². The molecule has 252 valence electrons. The van der Waals surface area contributed by atoms with E-state index in [4.69, 9.17) is 9.40 Å². The van der Waals surface area contributed by atoms with Crippen molar-refractivity contribution in [3.8, 4) is 50.3 Å². The minimum absolute atomic E-state index is 0.854. The van der Waals surface area contributed by atoms with Crippen LogP contribution in [0.15, 0.2) is 199 Å². The zero-order valence-electron chi connectivity index (χ0n) is 29.3. The Labute approximate surface area is 312 Å². The van der Waals surface area contributed by atoms with Crippen LogP contribution in [0.4, 0.5) is 0 Å². The molecule has 0 unspecified atom stereocenters. The zero-order chi connectivity index (χ0) is 35.6. The summed E-state index contributed by atoms with van der Waals surface area (Å²) in [7, 11) is 0. The van der Waals surface area contributed by atoms with Gasteiger partial charge in [0.1, 0.15) is 5.58 Å². The number of para-hydroxylation sites is 2. The van der Waals surface area contributed by atoms with E-state index in [1.807, 2.05) is 6.07 Å². The minimum atomic E-state index is 0.854. The Morgan fingerprint density at radius 2 is 0.963 bits per heavy atom. The Bertz CT molecular complexity index is 3100. The van der Waals surface area contributed by atoms with Crippen molar-refractivity contribution in [2.45, 2.75) is 0 Å². The molecular formula is C51H32N2O. The first-order valence-corrected chi connectivity index (χ1v) is 18.4. The summed E-state index contributed by atoms with van der Waals surface area (Å²) in [5.41, 5.74) is 15.0. The van der Waals surface area contributed by atoms with Gasteiger partial charge in [-0.1, -0.05) is 158 Å². The third-order valence-corrected chi connectivity index (χ3v) is 10.8. The molecule has 11 aromatic rings. The Morgan fingerprint density at radius 3 is 1.63 bits per heavy atom. The molecule has 0 saturated heterocycles. The molecule has 3 heteroatoms. The fourth-order valence-electron chi connectivity index (χ4n) is 8.29. The van der Waals surface area contributed by atoms with Crippen molar-refractivity contribution in [3.63, 3.8) is 0 Å². The van der Waals surface area contributed by atoms with E-state index in [0.29, 0.717) is 0 Å². The molecule has 0 aliphatic rings. The van der Waals surface area contributed by atoms with Gasteiger partial charge in [-0.25, -0.2) is 4.98 Å². The molecule has 0 saturated carbocycles. The lowest BCUT2D eigenvalue weighted by Gasteiger charge is -2.12. The highest BCUT2D eigenvalue weighted by Gasteiger charge is 2.21. The maximum Gasteiger partial charge on any atom is 0.159 e. The maximum atomic E-state index is 6.99. The maximum absolute atomic E-state index is 6.99. The van der Waals surface area contributed by atoms with Gasteiger partial charge in [-0.15, -0.1) is 0 Å². The lowest BCUT2D eigenvalue weighted by molar-refractivity contribution is 0.666. The third kappa shape index (κ3) is 4.79. The molecule has 3 aromatic heterocycles. The smallest absolute Gasteiger partial charge is 0.159 e. The van der Waals surface area contributed by atoms with Gasteiger partial charge >= 0.3 is 0 Å². The highest BCUT2D eigenvalue weighted by Crippen LogP contribution is 2.44. The van der Waals surface area contributed by atoms with Crippen LogP contribution in [-0.4, -0.2) is 9.55 Å². The highest BCUT2D eigenvalue weighted by atomic mass is 16.3. The number of furan rings is 1. The van der Waals surface area contributed by atoms with Crippen LogP contribution >= 0.6 is 0 Å². The van der Waals surface area contributed by atoms with E-state index < -0.39 is 0 Å². The van der Waals surface area contributed by atoms with E-state index in [2.05, 4.69) is 193 Å². The van der Waals surface area contributed by atoms with E-state index in [0.717, 1.165) is 71.9 Å². The van der Waals surface area contributed by atoms with Gasteiger partial charge in [0.25, 0.3) is 0 Å². The van der Waals surface area contributed by atoms with E-state index in [1.54, 1.807) is 0 Å². The fraction of sp³-hybridized carbons (Fsp3) is 0. The molecule has 0 amide bonds. The predicted octanol–water partition coefficient (Wildman–Crippen LogP) is 13.9. The van der Waals surface area contributed by atoms with Crippen LogP contribution in [-0.2, 0) is 0 Å². The van der Waals surface area contributed by atoms with Gasteiger partial charge in [-0.3, -0.25) is 0 Å². The molecule has 54 heavy (non-hydrogen) atoms. The summed E-state index contributed by atoms with van der Waals surface area (Å²) in [6.45, 7) is 0. The van der Waals surface area contributed by atoms with Gasteiger partial charge < -0.3 is 8.98 Å². The lowest BCUT2D eigenvalue weighted by Crippen LogP contribution is -1.95. The quantitative estimate of drug-likeness (QED) is 0.180. The predicted molar refractivity (Wildman–Crippen MR) is 225 cm³/mol. The number of fused-ring (bicyclic) bond motifs is 7. The topological polar surface area (TPSA) is 31.0 Å². The van der Waals surface area contributed by atoms with Gasteiger partial charge in [0, 0.05) is 32.5 Å². The Morgan fingerprint density at radius 1 is 0.389 bits per heavy atom. The van der Waals surface area contributed by atoms with Crippen molar-refractivity contribution >= 4 is 54.6 Å². The van der Waals surface area contributed by atoms with E-state index in [-0.39, 0.29) is 0 Å². The van der Waals surface area contributed by atoms with Crippen LogP contribution in [0.1, 0.15) is 0 Å². The molecule has 0 spiro atoms. The van der Waals surface area contributed by atoms with Crippen molar-refractivity contribution in [2.75, 3.05) is 0 Å². The van der Waals surface area contributed by atoms with Crippen molar-refractivity contribution < 1.29 is 4.42 Å². The Balaban J connectivity index is 1.20. The summed E-state index contributed by atoms with van der Waals surface area (Å²) < 4.78 is 9.39. The summed E-state index contributed by atoms with van der Waals surface area (Å²) in [6.07, 6.45) is 0. The molecule has 11 rings (SSSR count). The SMILES string of the molecule is c1ccc(-c2ccc3c4ccc(-c5ccccc5)cc4n(-c4cccc5c4oc4cccc(-c6cc(-c7ccccc7)nc7ccccc67)c45)c3c2)cc1. The van der Waals surface area contributed by atoms with Gasteiger partial charge in [0.15, 0.2) is 5.58 Å². The molecule has 0 aliphatic carbocycles. The van der Waals surface area contributed by atoms with Crippen LogP contribution in [0.2, 0.25) is 0 Å². The van der Waals surface area contributed by atoms with E-state index >= 15 is 0 Å². The number of pyridine rings is 1. The average Bonchev–Trinajstić information content (AvgIpc) is 3.79. The molecule has 3 nitrogen and oxygen atoms in total. The second-order valence-electron chi connectivity index (χ2n) is 13.9. The molecule has 8 aromatic carbocycles. The molecule has 0 atom stereocenters. The number of benzene rings is 8. The number of hydrogen-bond donors (Lipinski definition) is 0. The summed E-state index contributed by atoms with van der Waals surface area (Å²) in [5, 5.41) is 5.69. The molecule has 0 aliphatic heterocycles. The molecule has 0 N–H and O–H groups in total. The third-order valence-electron chi connectivity index (χ3n) is 10.8. The lowest BCUT2D eigenvalue weighted by atomic mass is 9.94. The normalized spacial score (nSPS) is 11.7. The van der Waals surface area contributed by atoms with Gasteiger partial charge in [0.2, 0.25) is 0 Å². The largest absolute Gasteiger partial charge is 0.454 e. The van der Waals surface area contributed by atoms with Crippen molar-refractivity contribution in [1.29, 1.82) is 0 Å². The van der Waals surface area contributed by atoms with E-state index in [9.17, 15) is 0 Å². The monoisotopic (exact) mass is 688 g/mol. The van der Waals surface area contributed by atoms with Gasteiger partial charge in [-0.05, 0) is 69.8 Å². The van der Waals surface area contributed by atoms with Crippen molar-refractivity contribution in [1.82, 2.24) is 9.55 Å². The first-order chi connectivity index (χ1) is 26.8. The molecule has 0 radical (unpaired) electrons. The summed E-state index contributed by atoms with van der Waals surface area (Å²) >= 11 is 0. The Kier molecular flexibility index (Phi) is 6.86. The zero-order valence-corrected chi connectivity index (χ0v) is 29.3. The van der Waals surface area contributed by atoms with E-state index in [1.165, 1.54) is 33.0 Å². The van der Waals surface area contributed by atoms with Crippen LogP contribution < -0.4 is 0 Å². The fourth-order valence-corrected chi connectivity index (χ4v) is 8.29. The van der Waals surface area contributed by atoms with Crippen molar-refractivity contribution in [3.05, 3.63) is 194 Å². The minimum Gasteiger partial charge on any atom is -0.454 e. The standard InChI is InChI=1S/C51H32N2O/c1-4-14-33(15-5-1)36-26-28-39-40-29-27-37(34-16-6-2-7-17-34)31-48(40)53(47(39)30-36)46-24-12-22-42-50-41(21-13-25-49(50)54-51(42)46)43-32-45(35-18-8-3-9-19-35)52-44-23-11-10-20-38(43)44/h1-32H. The summed E-state index contributed by atoms with van der Waals surface area (Å²) in [4.78, 5) is 5.10. The second-order valence-corrected chi connectivity index (χ2v) is 13.9. The summed E-state index contributed by atoms with van der Waals surface area (Å²) in [5.74, 6) is 0. The number of aromatic nitrogens is 2.